The zero-order chi connectivity index (χ0) is 23.7. The number of hydrogen-bond acceptors (Lipinski definition) is 7. The van der Waals surface area contributed by atoms with E-state index in [9.17, 15) is 9.59 Å². The van der Waals surface area contributed by atoms with Crippen LogP contribution in [0.3, 0.4) is 0 Å². The van der Waals surface area contributed by atoms with Gasteiger partial charge in [0.2, 0.25) is 11.8 Å². The van der Waals surface area contributed by atoms with E-state index in [-0.39, 0.29) is 30.3 Å². The summed E-state index contributed by atoms with van der Waals surface area (Å²) in [5.74, 6) is 1.25. The van der Waals surface area contributed by atoms with Gasteiger partial charge >= 0.3 is 0 Å². The van der Waals surface area contributed by atoms with E-state index < -0.39 is 0 Å². The van der Waals surface area contributed by atoms with Crippen LogP contribution in [0.4, 0.5) is 5.69 Å². The van der Waals surface area contributed by atoms with Crippen molar-refractivity contribution in [1.29, 1.82) is 0 Å². The molecule has 1 aromatic heterocycles. The smallest absolute Gasteiger partial charge is 0.274 e. The highest BCUT2D eigenvalue weighted by atomic mass is 32.1. The number of carbonyl (C=O) groups excluding carboxylic acids is 2. The predicted octanol–water partition coefficient (Wildman–Crippen LogP) is 3.74. The quantitative estimate of drug-likeness (QED) is 0.534. The van der Waals surface area contributed by atoms with Gasteiger partial charge in [0.15, 0.2) is 0 Å². The summed E-state index contributed by atoms with van der Waals surface area (Å²) in [6, 6.07) is 13.1. The number of likely N-dealkylation sites (tertiary alicyclic amines) is 1. The van der Waals surface area contributed by atoms with Gasteiger partial charge < -0.3 is 24.0 Å². The number of thiazole rings is 1. The van der Waals surface area contributed by atoms with Crippen molar-refractivity contribution in [3.05, 3.63) is 42.5 Å². The molecular weight excluding hydrogens is 454 g/mol. The summed E-state index contributed by atoms with van der Waals surface area (Å²) in [6.07, 6.45) is 1.76. The lowest BCUT2D eigenvalue weighted by molar-refractivity contribution is -0.137. The molecule has 2 amide bonds. The minimum absolute atomic E-state index is 0.0193. The third-order valence-corrected chi connectivity index (χ3v) is 7.36. The van der Waals surface area contributed by atoms with Crippen LogP contribution in [0.2, 0.25) is 0 Å². The van der Waals surface area contributed by atoms with Gasteiger partial charge in [-0.15, -0.1) is 0 Å². The average Bonchev–Trinajstić information content (AvgIpc) is 3.46. The first-order valence-electron chi connectivity index (χ1n) is 11.4. The molecule has 0 N–H and O–H groups in total. The number of amides is 2. The normalized spacial score (nSPS) is 19.0. The number of fused-ring (bicyclic) bond motifs is 1. The van der Waals surface area contributed by atoms with Crippen molar-refractivity contribution in [2.45, 2.75) is 25.4 Å². The molecule has 2 saturated heterocycles. The van der Waals surface area contributed by atoms with E-state index in [2.05, 4.69) is 4.98 Å². The van der Waals surface area contributed by atoms with Gasteiger partial charge in [0.05, 0.1) is 30.4 Å². The Morgan fingerprint density at radius 3 is 2.44 bits per heavy atom. The topological polar surface area (TPSA) is 81.2 Å². The fraction of sp³-hybridized carbons (Fsp3) is 0.400. The Kier molecular flexibility index (Phi) is 6.28. The van der Waals surface area contributed by atoms with Gasteiger partial charge in [-0.3, -0.25) is 9.59 Å². The van der Waals surface area contributed by atoms with E-state index in [0.29, 0.717) is 24.8 Å². The maximum Gasteiger partial charge on any atom is 0.274 e. The number of nitrogens with zero attached hydrogens (tertiary/aromatic N) is 3. The van der Waals surface area contributed by atoms with E-state index in [1.807, 2.05) is 47.4 Å². The Morgan fingerprint density at radius 1 is 1.03 bits per heavy atom. The molecule has 2 aliphatic rings. The van der Waals surface area contributed by atoms with Crippen molar-refractivity contribution in [1.82, 2.24) is 9.88 Å². The zero-order valence-electron chi connectivity index (χ0n) is 19.2. The van der Waals surface area contributed by atoms with E-state index in [1.54, 1.807) is 19.1 Å². The zero-order valence-corrected chi connectivity index (χ0v) is 20.0. The summed E-state index contributed by atoms with van der Waals surface area (Å²) in [5, 5.41) is 0.643. The van der Waals surface area contributed by atoms with Gasteiger partial charge in [0.25, 0.3) is 5.19 Å². The van der Waals surface area contributed by atoms with Crippen LogP contribution in [0, 0.1) is 5.92 Å². The van der Waals surface area contributed by atoms with Crippen LogP contribution in [0.1, 0.15) is 19.3 Å². The van der Waals surface area contributed by atoms with Crippen LogP contribution in [0.25, 0.3) is 10.2 Å². The Morgan fingerprint density at radius 2 is 1.74 bits per heavy atom. The van der Waals surface area contributed by atoms with Crippen molar-refractivity contribution in [3.8, 4) is 16.7 Å². The van der Waals surface area contributed by atoms with Crippen LogP contribution in [0.15, 0.2) is 42.5 Å². The van der Waals surface area contributed by atoms with Gasteiger partial charge in [-0.05, 0) is 42.5 Å². The summed E-state index contributed by atoms with van der Waals surface area (Å²) in [6.45, 7) is 1.65. The van der Waals surface area contributed by atoms with Crippen molar-refractivity contribution in [2.75, 3.05) is 38.8 Å². The lowest BCUT2D eigenvalue weighted by atomic mass is 10.0. The first kappa shape index (κ1) is 22.5. The fourth-order valence-electron chi connectivity index (χ4n) is 4.54. The second-order valence-corrected chi connectivity index (χ2v) is 9.55. The molecule has 0 aliphatic carbocycles. The van der Waals surface area contributed by atoms with Gasteiger partial charge in [0, 0.05) is 44.6 Å². The molecule has 5 rings (SSSR count). The molecule has 3 heterocycles. The summed E-state index contributed by atoms with van der Waals surface area (Å²) < 4.78 is 17.6. The molecule has 8 nitrogen and oxygen atoms in total. The predicted molar refractivity (Wildman–Crippen MR) is 130 cm³/mol. The highest BCUT2D eigenvalue weighted by Crippen LogP contribution is 2.33. The molecular formula is C25H27N3O5S. The molecule has 0 radical (unpaired) electrons. The standard InChI is InChI=1S/C25H27N3O5S/c1-31-18-5-3-17(4-6-18)28-15-16(13-23(28)29)24(30)27-11-9-19(10-12-27)33-25-26-21-8-7-20(32-2)14-22(21)34-25/h3-8,14,16,19H,9-13,15H2,1-2H3. The monoisotopic (exact) mass is 481 g/mol. The Labute approximate surface area is 202 Å². The lowest BCUT2D eigenvalue weighted by Crippen LogP contribution is -2.44. The highest BCUT2D eigenvalue weighted by Gasteiger charge is 2.38. The molecule has 2 aromatic carbocycles. The minimum atomic E-state index is -0.314. The molecule has 34 heavy (non-hydrogen) atoms. The number of hydrogen-bond donors (Lipinski definition) is 0. The Bertz CT molecular complexity index is 1190. The molecule has 1 unspecified atom stereocenters. The van der Waals surface area contributed by atoms with Crippen LogP contribution >= 0.6 is 11.3 Å². The number of piperidine rings is 1. The van der Waals surface area contributed by atoms with Gasteiger partial charge in [0.1, 0.15) is 17.6 Å². The third kappa shape index (κ3) is 4.52. The molecule has 2 aliphatic heterocycles. The average molecular weight is 482 g/mol. The minimum Gasteiger partial charge on any atom is -0.497 e. The maximum absolute atomic E-state index is 13.1. The second kappa shape index (κ2) is 9.50. The van der Waals surface area contributed by atoms with Crippen molar-refractivity contribution < 1.29 is 23.8 Å². The summed E-state index contributed by atoms with van der Waals surface area (Å²) in [5.41, 5.74) is 1.68. The van der Waals surface area contributed by atoms with Gasteiger partial charge in [-0.1, -0.05) is 11.3 Å². The first-order valence-corrected chi connectivity index (χ1v) is 12.2. The number of anilines is 1. The van der Waals surface area contributed by atoms with Crippen molar-refractivity contribution >= 4 is 39.1 Å². The van der Waals surface area contributed by atoms with Crippen molar-refractivity contribution in [2.24, 2.45) is 5.92 Å². The highest BCUT2D eigenvalue weighted by molar-refractivity contribution is 7.20. The number of aromatic nitrogens is 1. The number of carbonyl (C=O) groups is 2. The van der Waals surface area contributed by atoms with Gasteiger partial charge in [-0.2, -0.15) is 0 Å². The molecule has 0 bridgehead atoms. The lowest BCUT2D eigenvalue weighted by Gasteiger charge is -2.33. The molecule has 9 heteroatoms. The first-order chi connectivity index (χ1) is 16.5. The third-order valence-electron chi connectivity index (χ3n) is 6.46. The molecule has 3 aromatic rings. The number of ether oxygens (including phenoxy) is 3. The molecule has 0 spiro atoms. The van der Waals surface area contributed by atoms with E-state index in [0.717, 1.165) is 40.2 Å². The Balaban J connectivity index is 1.15. The molecule has 178 valence electrons. The van der Waals surface area contributed by atoms with E-state index >= 15 is 0 Å². The van der Waals surface area contributed by atoms with Crippen LogP contribution < -0.4 is 19.1 Å². The molecule has 0 saturated carbocycles. The molecule has 2 fully saturated rings. The van der Waals surface area contributed by atoms with Crippen LogP contribution in [-0.4, -0.2) is 61.7 Å². The van der Waals surface area contributed by atoms with Crippen LogP contribution in [-0.2, 0) is 9.59 Å². The summed E-state index contributed by atoms with van der Waals surface area (Å²) >= 11 is 1.50. The van der Waals surface area contributed by atoms with E-state index in [4.69, 9.17) is 14.2 Å². The SMILES string of the molecule is COc1ccc(N2CC(C(=O)N3CCC(Oc4nc5ccc(OC)cc5s4)CC3)CC2=O)cc1. The fourth-order valence-corrected chi connectivity index (χ4v) is 5.45. The van der Waals surface area contributed by atoms with E-state index in [1.165, 1.54) is 11.3 Å². The number of methoxy groups -OCH3 is 2. The number of rotatable bonds is 6. The van der Waals surface area contributed by atoms with Crippen molar-refractivity contribution in [3.63, 3.8) is 0 Å². The maximum atomic E-state index is 13.1. The number of benzene rings is 2. The summed E-state index contributed by atoms with van der Waals surface area (Å²) in [4.78, 5) is 33.8. The van der Waals surface area contributed by atoms with Gasteiger partial charge in [-0.25, -0.2) is 4.98 Å². The Hall–Kier alpha value is -3.33. The van der Waals surface area contributed by atoms with Crippen LogP contribution in [0.5, 0.6) is 16.7 Å². The summed E-state index contributed by atoms with van der Waals surface area (Å²) in [7, 11) is 3.25. The largest absolute Gasteiger partial charge is 0.497 e. The second-order valence-electron chi connectivity index (χ2n) is 8.56. The molecule has 1 atom stereocenters.